The second-order valence-electron chi connectivity index (χ2n) is 10.7. The molecular weight excluding hydrogens is 479 g/mol. The van der Waals surface area contributed by atoms with Crippen molar-refractivity contribution in [2.75, 3.05) is 0 Å². The van der Waals surface area contributed by atoms with Gasteiger partial charge < -0.3 is 0 Å². The number of aromatic nitrogens is 6. The molecule has 0 saturated heterocycles. The number of fused-ring (bicyclic) bond motifs is 14. The number of para-hydroxylation sites is 6. The number of imidazole rings is 4. The van der Waals surface area contributed by atoms with E-state index >= 15 is 0 Å². The van der Waals surface area contributed by atoms with Crippen LogP contribution in [0.1, 0.15) is 0 Å². The average Bonchev–Trinajstić information content (AvgIpc) is 3.71. The molecule has 0 atom stereocenters. The van der Waals surface area contributed by atoms with E-state index in [4.69, 9.17) is 9.97 Å². The molecule has 7 heteroatoms. The Labute approximate surface area is 221 Å². The summed E-state index contributed by atoms with van der Waals surface area (Å²) in [5.41, 5.74) is 15.5. The van der Waals surface area contributed by atoms with Crippen LogP contribution in [0.4, 0.5) is 0 Å². The maximum atomic E-state index is 5.15. The maximum absolute atomic E-state index is 5.15. The SMILES string of the molecule is c1cc2c3c(c1)-n1c4c(cccc4n4c5ccccc5nc14)B3c1cccc3c1n-2c1nc2ccccc2n31. The van der Waals surface area contributed by atoms with Gasteiger partial charge in [0.15, 0.2) is 0 Å². The summed E-state index contributed by atoms with van der Waals surface area (Å²) in [6.45, 7) is 0.125. The Morgan fingerprint density at radius 2 is 0.923 bits per heavy atom. The Hall–Kier alpha value is -5.30. The number of benzene rings is 5. The van der Waals surface area contributed by atoms with Crippen LogP contribution >= 0.6 is 0 Å². The van der Waals surface area contributed by atoms with Crippen molar-refractivity contribution in [3.63, 3.8) is 0 Å². The van der Waals surface area contributed by atoms with Crippen LogP contribution in [0.15, 0.2) is 103 Å². The normalized spacial score (nSPS) is 13.6. The van der Waals surface area contributed by atoms with Crippen molar-refractivity contribution in [1.29, 1.82) is 0 Å². The molecule has 0 saturated carbocycles. The maximum Gasteiger partial charge on any atom is 0.252 e. The molecule has 0 spiro atoms. The van der Waals surface area contributed by atoms with Gasteiger partial charge in [-0.05, 0) is 64.9 Å². The molecule has 0 fully saturated rings. The number of hydrogen-bond acceptors (Lipinski definition) is 2. The van der Waals surface area contributed by atoms with Crippen molar-refractivity contribution in [1.82, 2.24) is 27.9 Å². The lowest BCUT2D eigenvalue weighted by molar-refractivity contribution is 1.08. The van der Waals surface area contributed by atoms with Crippen molar-refractivity contribution in [3.05, 3.63) is 103 Å². The highest BCUT2D eigenvalue weighted by molar-refractivity contribution is 7.00. The Balaban J connectivity index is 1.39. The molecule has 0 amide bonds. The molecule has 2 aliphatic rings. The van der Waals surface area contributed by atoms with Gasteiger partial charge in [-0.3, -0.25) is 17.9 Å². The molecule has 0 bridgehead atoms. The standard InChI is InChI=1S/C32H17BN6/c1-3-12-22-20(10-1)34-31-36(22)26-16-5-8-18-29(26)38(31)24-14-7-15-25-28(24)33(18)19-9-6-17-27-30(19)39(25)32-35-21-11-2-4-13-23(21)37(27)32/h1-17H. The first-order valence-electron chi connectivity index (χ1n) is 13.3. The van der Waals surface area contributed by atoms with Gasteiger partial charge >= 0.3 is 0 Å². The first-order valence-corrected chi connectivity index (χ1v) is 13.3. The predicted molar refractivity (Wildman–Crippen MR) is 157 cm³/mol. The van der Waals surface area contributed by atoms with Gasteiger partial charge in [-0.15, -0.1) is 0 Å². The molecule has 9 aromatic rings. The summed E-state index contributed by atoms with van der Waals surface area (Å²) < 4.78 is 9.42. The summed E-state index contributed by atoms with van der Waals surface area (Å²) in [6, 6.07) is 37.1. The zero-order valence-corrected chi connectivity index (χ0v) is 20.6. The molecule has 0 radical (unpaired) electrons. The highest BCUT2D eigenvalue weighted by Crippen LogP contribution is 2.36. The van der Waals surface area contributed by atoms with Crippen LogP contribution in [0, 0.1) is 0 Å². The van der Waals surface area contributed by atoms with Gasteiger partial charge in [-0.1, -0.05) is 54.6 Å². The molecule has 0 aliphatic carbocycles. The Bertz CT molecular complexity index is 2400. The first kappa shape index (κ1) is 18.9. The van der Waals surface area contributed by atoms with Crippen LogP contribution < -0.4 is 16.4 Å². The lowest BCUT2D eigenvalue weighted by Gasteiger charge is -2.32. The fourth-order valence-electron chi connectivity index (χ4n) is 7.57. The highest BCUT2D eigenvalue weighted by atomic mass is 15.2. The Morgan fingerprint density at radius 1 is 0.462 bits per heavy atom. The van der Waals surface area contributed by atoms with Crippen molar-refractivity contribution in [2.45, 2.75) is 0 Å². The molecule has 6 heterocycles. The number of hydrogen-bond donors (Lipinski definition) is 0. The fraction of sp³-hybridized carbons (Fsp3) is 0. The third kappa shape index (κ3) is 1.92. The molecule has 0 unspecified atom stereocenters. The monoisotopic (exact) mass is 496 g/mol. The molecule has 11 rings (SSSR count). The molecule has 5 aromatic carbocycles. The minimum absolute atomic E-state index is 0.125. The first-order chi connectivity index (χ1) is 19.4. The topological polar surface area (TPSA) is 44.5 Å². The molecule has 4 aromatic heterocycles. The van der Waals surface area contributed by atoms with Crippen LogP contribution in [0.3, 0.4) is 0 Å². The number of rotatable bonds is 0. The van der Waals surface area contributed by atoms with Crippen molar-refractivity contribution in [2.24, 2.45) is 0 Å². The van der Waals surface area contributed by atoms with E-state index in [0.717, 1.165) is 33.6 Å². The quantitative estimate of drug-likeness (QED) is 0.294. The third-order valence-corrected chi connectivity index (χ3v) is 8.96. The van der Waals surface area contributed by atoms with Crippen molar-refractivity contribution < 1.29 is 0 Å². The smallest absolute Gasteiger partial charge is 0.252 e. The van der Waals surface area contributed by atoms with Gasteiger partial charge in [-0.25, -0.2) is 9.97 Å². The van der Waals surface area contributed by atoms with E-state index in [1.165, 1.54) is 49.8 Å². The third-order valence-electron chi connectivity index (χ3n) is 8.96. The number of nitrogens with zero attached hydrogens (tertiary/aromatic N) is 6. The summed E-state index contributed by atoms with van der Waals surface area (Å²) in [5.74, 6) is 1.91. The van der Waals surface area contributed by atoms with Crippen LogP contribution in [-0.4, -0.2) is 34.6 Å². The van der Waals surface area contributed by atoms with Crippen LogP contribution in [0.25, 0.3) is 67.1 Å². The van der Waals surface area contributed by atoms with E-state index in [-0.39, 0.29) is 6.71 Å². The fourth-order valence-corrected chi connectivity index (χ4v) is 7.57. The lowest BCUT2D eigenvalue weighted by Crippen LogP contribution is -2.59. The summed E-state index contributed by atoms with van der Waals surface area (Å²) in [5, 5.41) is 0. The lowest BCUT2D eigenvalue weighted by atomic mass is 9.34. The average molecular weight is 496 g/mol. The van der Waals surface area contributed by atoms with E-state index in [9.17, 15) is 0 Å². The zero-order valence-electron chi connectivity index (χ0n) is 20.6. The Morgan fingerprint density at radius 3 is 1.46 bits per heavy atom. The molecule has 2 aliphatic heterocycles. The molecule has 178 valence electrons. The van der Waals surface area contributed by atoms with E-state index in [1.807, 2.05) is 0 Å². The van der Waals surface area contributed by atoms with Gasteiger partial charge in [-0.2, -0.15) is 0 Å². The Kier molecular flexibility index (Phi) is 2.93. The van der Waals surface area contributed by atoms with Gasteiger partial charge in [0, 0.05) is 11.4 Å². The van der Waals surface area contributed by atoms with E-state index in [1.54, 1.807) is 0 Å². The van der Waals surface area contributed by atoms with E-state index < -0.39 is 0 Å². The van der Waals surface area contributed by atoms with Gasteiger partial charge in [0.25, 0.3) is 6.71 Å². The van der Waals surface area contributed by atoms with Gasteiger partial charge in [0.1, 0.15) is 0 Å². The summed E-state index contributed by atoms with van der Waals surface area (Å²) in [7, 11) is 0. The van der Waals surface area contributed by atoms with E-state index in [0.29, 0.717) is 0 Å². The molecular formula is C32H17BN6. The largest absolute Gasteiger partial charge is 0.279 e. The minimum atomic E-state index is 0.125. The summed E-state index contributed by atoms with van der Waals surface area (Å²) in [4.78, 5) is 10.3. The summed E-state index contributed by atoms with van der Waals surface area (Å²) >= 11 is 0. The minimum Gasteiger partial charge on any atom is -0.279 e. The zero-order chi connectivity index (χ0) is 25.0. The predicted octanol–water partition coefficient (Wildman–Crippen LogP) is 4.32. The molecule has 6 nitrogen and oxygen atoms in total. The van der Waals surface area contributed by atoms with Crippen LogP contribution in [0.5, 0.6) is 0 Å². The second kappa shape index (κ2) is 6.05. The summed E-state index contributed by atoms with van der Waals surface area (Å²) in [6.07, 6.45) is 0. The van der Waals surface area contributed by atoms with Crippen molar-refractivity contribution in [3.8, 4) is 11.4 Å². The highest BCUT2D eigenvalue weighted by Gasteiger charge is 2.41. The van der Waals surface area contributed by atoms with Crippen molar-refractivity contribution >= 4 is 78.8 Å². The van der Waals surface area contributed by atoms with Gasteiger partial charge in [0.2, 0.25) is 11.6 Å². The molecule has 39 heavy (non-hydrogen) atoms. The van der Waals surface area contributed by atoms with Gasteiger partial charge in [0.05, 0.1) is 44.1 Å². The molecule has 0 N–H and O–H groups in total. The van der Waals surface area contributed by atoms with E-state index in [2.05, 4.69) is 121 Å². The van der Waals surface area contributed by atoms with Crippen LogP contribution in [0.2, 0.25) is 0 Å². The van der Waals surface area contributed by atoms with Crippen LogP contribution in [-0.2, 0) is 0 Å². The second-order valence-corrected chi connectivity index (χ2v) is 10.7.